The van der Waals surface area contributed by atoms with Crippen LogP contribution < -0.4 is 4.74 Å². The van der Waals surface area contributed by atoms with Crippen molar-refractivity contribution in [1.29, 1.82) is 0 Å². The molecule has 1 spiro atoms. The molecule has 9 aromatic carbocycles. The topological polar surface area (TPSA) is 47.9 Å². The Hall–Kier alpha value is -8.21. The van der Waals surface area contributed by atoms with Crippen LogP contribution >= 0.6 is 0 Å². The van der Waals surface area contributed by atoms with Crippen molar-refractivity contribution in [3.05, 3.63) is 247 Å². The molecule has 0 fully saturated rings. The Morgan fingerprint density at radius 2 is 0.645 bits per heavy atom. The Morgan fingerprint density at radius 3 is 1.27 bits per heavy atom. The van der Waals surface area contributed by atoms with Crippen LogP contribution in [0.2, 0.25) is 0 Å². The lowest BCUT2D eigenvalue weighted by molar-refractivity contribution is 0.436. The van der Waals surface area contributed by atoms with Gasteiger partial charge in [0, 0.05) is 27.8 Å². The van der Waals surface area contributed by atoms with Crippen LogP contribution in [0.15, 0.2) is 224 Å². The molecule has 0 saturated heterocycles. The molecule has 1 aliphatic heterocycles. The van der Waals surface area contributed by atoms with E-state index in [1.54, 1.807) is 0 Å². The maximum absolute atomic E-state index is 6.83. The van der Waals surface area contributed by atoms with Gasteiger partial charge in [0.25, 0.3) is 0 Å². The van der Waals surface area contributed by atoms with Gasteiger partial charge in [0.15, 0.2) is 17.5 Å². The highest BCUT2D eigenvalue weighted by atomic mass is 16.5. The molecule has 0 atom stereocenters. The van der Waals surface area contributed by atoms with Crippen LogP contribution in [-0.2, 0) is 5.41 Å². The van der Waals surface area contributed by atoms with Crippen LogP contribution in [-0.4, -0.2) is 15.0 Å². The molecule has 0 amide bonds. The van der Waals surface area contributed by atoms with Gasteiger partial charge in [-0.05, 0) is 79.9 Å². The Labute approximate surface area is 360 Å². The molecule has 2 aliphatic rings. The predicted molar refractivity (Wildman–Crippen MR) is 250 cm³/mol. The number of hydrogen-bond acceptors (Lipinski definition) is 4. The molecule has 0 unspecified atom stereocenters. The number of para-hydroxylation sites is 1. The summed E-state index contributed by atoms with van der Waals surface area (Å²) in [5.41, 5.74) is 16.4. The minimum absolute atomic E-state index is 0.487. The molecule has 4 nitrogen and oxygen atoms in total. The average Bonchev–Trinajstić information content (AvgIpc) is 3.65. The van der Waals surface area contributed by atoms with Crippen LogP contribution in [0.25, 0.3) is 78.7 Å². The second kappa shape index (κ2) is 14.5. The molecule has 1 aromatic heterocycles. The maximum atomic E-state index is 6.83. The van der Waals surface area contributed by atoms with E-state index in [4.69, 9.17) is 19.7 Å². The molecule has 0 radical (unpaired) electrons. The fourth-order valence-corrected chi connectivity index (χ4v) is 9.55. The largest absolute Gasteiger partial charge is 0.457 e. The van der Waals surface area contributed by atoms with Crippen LogP contribution in [0, 0.1) is 0 Å². The van der Waals surface area contributed by atoms with Crippen LogP contribution in [0.4, 0.5) is 0 Å². The van der Waals surface area contributed by atoms with E-state index < -0.39 is 5.41 Å². The SMILES string of the molecule is c1ccc(-c2ccc(-c3nc(-c4ccccc4)nc(-c4cccc(-c5cccc(-c6ccc7c(c6)Oc6ccccc6C76c7ccccc7-c7ccccc76)c5)c4)n3)cc2)cc1. The van der Waals surface area contributed by atoms with Crippen molar-refractivity contribution in [2.24, 2.45) is 0 Å². The Balaban J connectivity index is 0.924. The fraction of sp³-hybridized carbons (Fsp3) is 0.0172. The lowest BCUT2D eigenvalue weighted by Crippen LogP contribution is -2.32. The summed E-state index contributed by atoms with van der Waals surface area (Å²) in [6.45, 7) is 0. The van der Waals surface area contributed by atoms with Crippen molar-refractivity contribution in [3.8, 4) is 90.2 Å². The van der Waals surface area contributed by atoms with Gasteiger partial charge in [-0.3, -0.25) is 0 Å². The summed E-state index contributed by atoms with van der Waals surface area (Å²) >= 11 is 0. The summed E-state index contributed by atoms with van der Waals surface area (Å²) in [4.78, 5) is 15.1. The zero-order valence-corrected chi connectivity index (χ0v) is 33.6. The van der Waals surface area contributed by atoms with E-state index in [1.807, 2.05) is 36.4 Å². The van der Waals surface area contributed by atoms with E-state index in [1.165, 1.54) is 33.4 Å². The van der Waals surface area contributed by atoms with Crippen LogP contribution in [0.1, 0.15) is 22.3 Å². The van der Waals surface area contributed by atoms with Gasteiger partial charge in [0.1, 0.15) is 11.5 Å². The maximum Gasteiger partial charge on any atom is 0.164 e. The quantitative estimate of drug-likeness (QED) is 0.168. The third kappa shape index (κ3) is 5.80. The van der Waals surface area contributed by atoms with E-state index in [9.17, 15) is 0 Å². The Bertz CT molecular complexity index is 3280. The molecular weight excluding hydrogens is 755 g/mol. The van der Waals surface area contributed by atoms with Gasteiger partial charge < -0.3 is 4.74 Å². The first-order chi connectivity index (χ1) is 30.7. The van der Waals surface area contributed by atoms with Gasteiger partial charge in [0.2, 0.25) is 0 Å². The second-order valence-corrected chi connectivity index (χ2v) is 15.9. The lowest BCUT2D eigenvalue weighted by Gasteiger charge is -2.39. The lowest BCUT2D eigenvalue weighted by atomic mass is 9.66. The first kappa shape index (κ1) is 35.7. The third-order valence-corrected chi connectivity index (χ3v) is 12.4. The summed E-state index contributed by atoms with van der Waals surface area (Å²) in [5, 5.41) is 0. The molecular formula is C58H37N3O. The summed E-state index contributed by atoms with van der Waals surface area (Å²) < 4.78 is 6.83. The highest BCUT2D eigenvalue weighted by molar-refractivity contribution is 5.89. The summed E-state index contributed by atoms with van der Waals surface area (Å²) in [5.74, 6) is 3.64. The monoisotopic (exact) mass is 791 g/mol. The zero-order valence-electron chi connectivity index (χ0n) is 33.6. The smallest absolute Gasteiger partial charge is 0.164 e. The van der Waals surface area contributed by atoms with Gasteiger partial charge in [-0.25, -0.2) is 15.0 Å². The molecule has 12 rings (SSSR count). The highest BCUT2D eigenvalue weighted by Crippen LogP contribution is 2.62. The molecule has 0 saturated carbocycles. The minimum Gasteiger partial charge on any atom is -0.457 e. The number of aromatic nitrogens is 3. The van der Waals surface area contributed by atoms with Gasteiger partial charge >= 0.3 is 0 Å². The van der Waals surface area contributed by atoms with E-state index in [0.29, 0.717) is 17.5 Å². The van der Waals surface area contributed by atoms with Crippen LogP contribution in [0.5, 0.6) is 11.5 Å². The van der Waals surface area contributed by atoms with E-state index in [0.717, 1.165) is 61.6 Å². The molecule has 10 aromatic rings. The number of rotatable bonds is 6. The van der Waals surface area contributed by atoms with Crippen LogP contribution in [0.3, 0.4) is 0 Å². The van der Waals surface area contributed by atoms with E-state index in [-0.39, 0.29) is 0 Å². The highest BCUT2D eigenvalue weighted by Gasteiger charge is 2.50. The molecule has 4 heteroatoms. The predicted octanol–water partition coefficient (Wildman–Crippen LogP) is 14.3. The van der Waals surface area contributed by atoms with Crippen molar-refractivity contribution in [2.75, 3.05) is 0 Å². The Kier molecular flexibility index (Phi) is 8.36. The van der Waals surface area contributed by atoms with Crippen molar-refractivity contribution in [3.63, 3.8) is 0 Å². The summed E-state index contributed by atoms with van der Waals surface area (Å²) in [7, 11) is 0. The van der Waals surface area contributed by atoms with E-state index in [2.05, 4.69) is 188 Å². The normalized spacial score (nSPS) is 12.8. The number of ether oxygens (including phenoxy) is 1. The summed E-state index contributed by atoms with van der Waals surface area (Å²) in [6.07, 6.45) is 0. The van der Waals surface area contributed by atoms with Gasteiger partial charge in [-0.1, -0.05) is 200 Å². The third-order valence-electron chi connectivity index (χ3n) is 12.4. The first-order valence-corrected chi connectivity index (χ1v) is 21.0. The molecule has 2 heterocycles. The zero-order chi connectivity index (χ0) is 41.0. The van der Waals surface area contributed by atoms with E-state index >= 15 is 0 Å². The standard InChI is InChI=1S/C58H37N3O/c1-3-15-38(16-4-1)39-29-31-41(32-30-39)56-59-55(40-17-5-2-6-18-40)60-57(61-56)46-22-14-21-44(36-46)42-19-13-20-43(35-42)45-33-34-52-54(37-45)62-53-28-12-11-27-51(53)58(52)49-25-9-7-23-47(49)48-24-8-10-26-50(48)58/h1-37H. The fourth-order valence-electron chi connectivity index (χ4n) is 9.55. The van der Waals surface area contributed by atoms with Gasteiger partial charge in [0.05, 0.1) is 5.41 Å². The summed E-state index contributed by atoms with van der Waals surface area (Å²) in [6, 6.07) is 79.1. The molecule has 1 aliphatic carbocycles. The van der Waals surface area contributed by atoms with Crippen molar-refractivity contribution >= 4 is 0 Å². The molecule has 290 valence electrons. The van der Waals surface area contributed by atoms with Gasteiger partial charge in [-0.15, -0.1) is 0 Å². The van der Waals surface area contributed by atoms with Crippen molar-refractivity contribution in [2.45, 2.75) is 5.41 Å². The van der Waals surface area contributed by atoms with Gasteiger partial charge in [-0.2, -0.15) is 0 Å². The number of benzene rings is 9. The molecule has 0 N–H and O–H groups in total. The second-order valence-electron chi connectivity index (χ2n) is 15.9. The number of nitrogens with zero attached hydrogens (tertiary/aromatic N) is 3. The number of hydrogen-bond donors (Lipinski definition) is 0. The van der Waals surface area contributed by atoms with Crippen molar-refractivity contribution in [1.82, 2.24) is 15.0 Å². The minimum atomic E-state index is -0.487. The Morgan fingerprint density at radius 1 is 0.258 bits per heavy atom. The molecule has 62 heavy (non-hydrogen) atoms. The van der Waals surface area contributed by atoms with Crippen molar-refractivity contribution < 1.29 is 4.74 Å². The average molecular weight is 792 g/mol. The molecule has 0 bridgehead atoms. The first-order valence-electron chi connectivity index (χ1n) is 21.0. The number of fused-ring (bicyclic) bond motifs is 9.